The first-order valence-corrected chi connectivity index (χ1v) is 6.65. The summed E-state index contributed by atoms with van der Waals surface area (Å²) >= 11 is 0. The summed E-state index contributed by atoms with van der Waals surface area (Å²) in [6.45, 7) is 0.599. The largest absolute Gasteiger partial charge is 0.407 e. The number of hydrogen-bond donors (Lipinski definition) is 2. The summed E-state index contributed by atoms with van der Waals surface area (Å²) in [5, 5.41) is 14.3. The van der Waals surface area contributed by atoms with Crippen LogP contribution in [0.15, 0.2) is 28.7 Å². The maximum Gasteiger partial charge on any atom is 0.315 e. The molecule has 1 aliphatic rings. The van der Waals surface area contributed by atoms with Gasteiger partial charge in [0.15, 0.2) is 0 Å². The van der Waals surface area contributed by atoms with Gasteiger partial charge in [0.1, 0.15) is 0 Å². The molecule has 2 N–H and O–H groups in total. The Labute approximate surface area is 124 Å². The van der Waals surface area contributed by atoms with E-state index in [1.807, 2.05) is 7.05 Å². The Morgan fingerprint density at radius 1 is 1.25 bits per heavy atom. The number of aromatic nitrogens is 2. The van der Waals surface area contributed by atoms with Crippen molar-refractivity contribution < 1.29 is 4.42 Å². The van der Waals surface area contributed by atoms with Gasteiger partial charge in [-0.15, -0.1) is 17.5 Å². The van der Waals surface area contributed by atoms with Crippen LogP contribution in [-0.2, 0) is 19.4 Å². The molecule has 1 aliphatic carbocycles. The van der Waals surface area contributed by atoms with Gasteiger partial charge in [-0.05, 0) is 37.4 Å². The third-order valence-corrected chi connectivity index (χ3v) is 3.47. The topological polar surface area (TPSA) is 63.0 Å². The van der Waals surface area contributed by atoms with Gasteiger partial charge in [-0.3, -0.25) is 0 Å². The molecule has 0 amide bonds. The first kappa shape index (κ1) is 14.8. The molecule has 0 fully saturated rings. The van der Waals surface area contributed by atoms with Crippen LogP contribution in [0, 0.1) is 0 Å². The van der Waals surface area contributed by atoms with Gasteiger partial charge in [-0.25, -0.2) is 0 Å². The summed E-state index contributed by atoms with van der Waals surface area (Å²) < 4.78 is 5.52. The molecule has 3 rings (SSSR count). The van der Waals surface area contributed by atoms with Crippen LogP contribution in [0.1, 0.15) is 23.4 Å². The zero-order valence-corrected chi connectivity index (χ0v) is 12.2. The maximum absolute atomic E-state index is 5.52. The van der Waals surface area contributed by atoms with Crippen molar-refractivity contribution in [2.24, 2.45) is 0 Å². The Balaban J connectivity index is 0.00000147. The average Bonchev–Trinajstić information content (AvgIpc) is 2.86. The Kier molecular flexibility index (Phi) is 4.98. The van der Waals surface area contributed by atoms with E-state index in [1.54, 1.807) is 0 Å². The van der Waals surface area contributed by atoms with Crippen molar-refractivity contribution in [3.63, 3.8) is 0 Å². The number of nitrogens with zero attached hydrogens (tertiary/aromatic N) is 2. The highest BCUT2D eigenvalue weighted by Crippen LogP contribution is 2.23. The van der Waals surface area contributed by atoms with E-state index in [-0.39, 0.29) is 12.4 Å². The first-order chi connectivity index (χ1) is 9.35. The minimum atomic E-state index is 0. The minimum Gasteiger partial charge on any atom is -0.407 e. The predicted molar refractivity (Wildman–Crippen MR) is 80.2 cm³/mol. The molecular formula is C14H19ClN4O. The van der Waals surface area contributed by atoms with Crippen LogP contribution in [0.25, 0.3) is 0 Å². The monoisotopic (exact) mass is 294 g/mol. The quantitative estimate of drug-likeness (QED) is 0.905. The van der Waals surface area contributed by atoms with Crippen molar-refractivity contribution in [1.29, 1.82) is 0 Å². The lowest BCUT2D eigenvalue weighted by molar-refractivity contribution is 0.478. The molecule has 0 aliphatic heterocycles. The van der Waals surface area contributed by atoms with E-state index in [0.29, 0.717) is 24.5 Å². The average molecular weight is 295 g/mol. The Morgan fingerprint density at radius 2 is 2.05 bits per heavy atom. The molecule has 2 aromatic rings. The van der Waals surface area contributed by atoms with Crippen molar-refractivity contribution in [2.45, 2.75) is 31.8 Å². The number of hydrogen-bond acceptors (Lipinski definition) is 5. The fraction of sp³-hybridized carbons (Fsp3) is 0.429. The lowest BCUT2D eigenvalue weighted by atomic mass is 9.88. The summed E-state index contributed by atoms with van der Waals surface area (Å²) in [6, 6.07) is 9.51. The smallest absolute Gasteiger partial charge is 0.315 e. The molecule has 1 unspecified atom stereocenters. The highest BCUT2D eigenvalue weighted by molar-refractivity contribution is 5.85. The fourth-order valence-electron chi connectivity index (χ4n) is 2.53. The van der Waals surface area contributed by atoms with Gasteiger partial charge in [0.25, 0.3) is 0 Å². The van der Waals surface area contributed by atoms with Crippen LogP contribution < -0.4 is 10.6 Å². The number of fused-ring (bicyclic) bond motifs is 1. The first-order valence-electron chi connectivity index (χ1n) is 6.65. The van der Waals surface area contributed by atoms with Gasteiger partial charge in [-0.2, -0.15) is 0 Å². The molecule has 1 aromatic carbocycles. The second-order valence-electron chi connectivity index (χ2n) is 4.88. The van der Waals surface area contributed by atoms with Crippen LogP contribution >= 0.6 is 12.4 Å². The second-order valence-corrected chi connectivity index (χ2v) is 4.88. The normalized spacial score (nSPS) is 17.1. The molecule has 0 saturated heterocycles. The van der Waals surface area contributed by atoms with Gasteiger partial charge in [0.2, 0.25) is 5.89 Å². The fourth-order valence-corrected chi connectivity index (χ4v) is 2.53. The Hall–Kier alpha value is -1.59. The van der Waals surface area contributed by atoms with Gasteiger partial charge < -0.3 is 15.1 Å². The minimum absolute atomic E-state index is 0. The van der Waals surface area contributed by atoms with E-state index < -0.39 is 0 Å². The van der Waals surface area contributed by atoms with E-state index in [1.165, 1.54) is 11.1 Å². The highest BCUT2D eigenvalue weighted by atomic mass is 35.5. The zero-order valence-electron chi connectivity index (χ0n) is 11.4. The number of nitrogens with one attached hydrogen (secondary N) is 2. The maximum atomic E-state index is 5.52. The van der Waals surface area contributed by atoms with E-state index in [9.17, 15) is 0 Å². The number of anilines is 1. The summed E-state index contributed by atoms with van der Waals surface area (Å²) in [4.78, 5) is 0. The SMILES string of the molecule is CNCc1nnc(NC2CCc3ccccc3C2)o1.Cl. The second kappa shape index (κ2) is 6.72. The molecular weight excluding hydrogens is 276 g/mol. The number of aryl methyl sites for hydroxylation is 1. The summed E-state index contributed by atoms with van der Waals surface area (Å²) in [7, 11) is 1.86. The predicted octanol–water partition coefficient (Wildman–Crippen LogP) is 2.18. The number of halogens is 1. The van der Waals surface area contributed by atoms with E-state index >= 15 is 0 Å². The molecule has 1 heterocycles. The van der Waals surface area contributed by atoms with Crippen molar-refractivity contribution in [2.75, 3.05) is 12.4 Å². The summed E-state index contributed by atoms with van der Waals surface area (Å²) in [6.07, 6.45) is 3.21. The van der Waals surface area contributed by atoms with Crippen LogP contribution in [0.2, 0.25) is 0 Å². The van der Waals surface area contributed by atoms with Gasteiger partial charge in [0.05, 0.1) is 6.54 Å². The molecule has 0 saturated carbocycles. The number of rotatable bonds is 4. The van der Waals surface area contributed by atoms with Gasteiger partial charge in [-0.1, -0.05) is 29.4 Å². The molecule has 1 atom stereocenters. The molecule has 6 heteroatoms. The van der Waals surface area contributed by atoms with Crippen LogP contribution in [0.5, 0.6) is 0 Å². The van der Waals surface area contributed by atoms with Crippen molar-refractivity contribution >= 4 is 18.4 Å². The van der Waals surface area contributed by atoms with Gasteiger partial charge >= 0.3 is 6.01 Å². The van der Waals surface area contributed by atoms with Crippen LogP contribution in [0.3, 0.4) is 0 Å². The van der Waals surface area contributed by atoms with Crippen LogP contribution in [-0.4, -0.2) is 23.3 Å². The molecule has 0 bridgehead atoms. The summed E-state index contributed by atoms with van der Waals surface area (Å²) in [5.74, 6) is 0.612. The molecule has 108 valence electrons. The number of benzene rings is 1. The van der Waals surface area contributed by atoms with E-state index in [0.717, 1.165) is 19.3 Å². The standard InChI is InChI=1S/C14H18N4O.ClH/c1-15-9-13-17-18-14(19-13)16-12-7-6-10-4-2-3-5-11(10)8-12;/h2-5,12,15H,6-9H2,1H3,(H,16,18);1H. The lowest BCUT2D eigenvalue weighted by Gasteiger charge is -2.24. The molecule has 0 spiro atoms. The highest BCUT2D eigenvalue weighted by Gasteiger charge is 2.19. The van der Waals surface area contributed by atoms with Crippen molar-refractivity contribution in [3.8, 4) is 0 Å². The van der Waals surface area contributed by atoms with E-state index in [2.05, 4.69) is 45.1 Å². The van der Waals surface area contributed by atoms with Gasteiger partial charge in [0, 0.05) is 6.04 Å². The molecule has 1 aromatic heterocycles. The van der Waals surface area contributed by atoms with E-state index in [4.69, 9.17) is 4.42 Å². The lowest BCUT2D eigenvalue weighted by Crippen LogP contribution is -2.27. The van der Waals surface area contributed by atoms with Crippen LogP contribution in [0.4, 0.5) is 6.01 Å². The zero-order chi connectivity index (χ0) is 13.1. The van der Waals surface area contributed by atoms with Crippen molar-refractivity contribution in [1.82, 2.24) is 15.5 Å². The third kappa shape index (κ3) is 3.29. The Bertz CT molecular complexity index is 558. The third-order valence-electron chi connectivity index (χ3n) is 3.47. The van der Waals surface area contributed by atoms with Crippen molar-refractivity contribution in [3.05, 3.63) is 41.3 Å². The molecule has 20 heavy (non-hydrogen) atoms. The summed E-state index contributed by atoms with van der Waals surface area (Å²) in [5.41, 5.74) is 2.88. The Morgan fingerprint density at radius 3 is 2.85 bits per heavy atom. The molecule has 0 radical (unpaired) electrons. The molecule has 5 nitrogen and oxygen atoms in total.